The Balaban J connectivity index is 2.26. The van der Waals surface area contributed by atoms with E-state index in [1.54, 1.807) is 11.8 Å². The maximum absolute atomic E-state index is 12.5. The van der Waals surface area contributed by atoms with Gasteiger partial charge in [0.2, 0.25) is 0 Å². The molecule has 0 radical (unpaired) electrons. The quantitative estimate of drug-likeness (QED) is 0.871. The largest absolute Gasteiger partial charge is 0.494 e. The van der Waals surface area contributed by atoms with Gasteiger partial charge < -0.3 is 4.74 Å². The third kappa shape index (κ3) is 1.92. The average Bonchev–Trinajstić information content (AvgIpc) is 3.21. The highest BCUT2D eigenvalue weighted by Gasteiger charge is 2.32. The molecular formula is C14H15BrN2O2. The first-order chi connectivity index (χ1) is 9.15. The number of ether oxygens (including phenoxy) is 1. The average molecular weight is 323 g/mol. The second-order valence-corrected chi connectivity index (χ2v) is 5.58. The van der Waals surface area contributed by atoms with Crippen LogP contribution in [-0.4, -0.2) is 16.5 Å². The lowest BCUT2D eigenvalue weighted by Crippen LogP contribution is -2.20. The van der Waals surface area contributed by atoms with Crippen LogP contribution in [0.3, 0.4) is 0 Å². The van der Waals surface area contributed by atoms with Gasteiger partial charge in [0.25, 0.3) is 5.56 Å². The van der Waals surface area contributed by atoms with Crippen LogP contribution in [0.4, 0.5) is 0 Å². The smallest absolute Gasteiger partial charge is 0.286 e. The Morgan fingerprint density at radius 2 is 2.00 bits per heavy atom. The number of methoxy groups -OCH3 is 1. The van der Waals surface area contributed by atoms with E-state index in [0.29, 0.717) is 16.1 Å². The van der Waals surface area contributed by atoms with Crippen molar-refractivity contribution < 1.29 is 4.74 Å². The van der Waals surface area contributed by atoms with Gasteiger partial charge in [0.15, 0.2) is 0 Å². The summed E-state index contributed by atoms with van der Waals surface area (Å²) in [6.45, 7) is 0. The molecule has 1 heterocycles. The number of hydrogen-bond acceptors (Lipinski definition) is 2. The zero-order chi connectivity index (χ0) is 13.6. The van der Waals surface area contributed by atoms with Crippen molar-refractivity contribution in [1.29, 1.82) is 0 Å². The van der Waals surface area contributed by atoms with E-state index in [0.717, 1.165) is 24.2 Å². The van der Waals surface area contributed by atoms with Gasteiger partial charge in [0.1, 0.15) is 15.9 Å². The SMILES string of the molecule is COc1ccccc1-n1c(=O)c(Br)c(C2CC2)n1C. The third-order valence-electron chi connectivity index (χ3n) is 3.53. The fourth-order valence-electron chi connectivity index (χ4n) is 2.46. The van der Waals surface area contributed by atoms with E-state index in [2.05, 4.69) is 15.9 Å². The van der Waals surface area contributed by atoms with Gasteiger partial charge in [-0.15, -0.1) is 0 Å². The van der Waals surface area contributed by atoms with Crippen molar-refractivity contribution >= 4 is 15.9 Å². The fourth-order valence-corrected chi connectivity index (χ4v) is 3.21. The van der Waals surface area contributed by atoms with E-state index in [4.69, 9.17) is 4.74 Å². The van der Waals surface area contributed by atoms with E-state index in [1.165, 1.54) is 0 Å². The van der Waals surface area contributed by atoms with E-state index in [9.17, 15) is 4.79 Å². The van der Waals surface area contributed by atoms with Crippen LogP contribution in [0.1, 0.15) is 24.5 Å². The fraction of sp³-hybridized carbons (Fsp3) is 0.357. The van der Waals surface area contributed by atoms with E-state index >= 15 is 0 Å². The third-order valence-corrected chi connectivity index (χ3v) is 4.28. The highest BCUT2D eigenvalue weighted by atomic mass is 79.9. The number of para-hydroxylation sites is 2. The molecular weight excluding hydrogens is 308 g/mol. The van der Waals surface area contributed by atoms with Gasteiger partial charge in [-0.05, 0) is 40.9 Å². The van der Waals surface area contributed by atoms with Gasteiger partial charge in [-0.1, -0.05) is 12.1 Å². The molecule has 5 heteroatoms. The first-order valence-corrected chi connectivity index (χ1v) is 7.05. The summed E-state index contributed by atoms with van der Waals surface area (Å²) in [5.74, 6) is 1.20. The Kier molecular flexibility index (Phi) is 3.01. The minimum atomic E-state index is -0.0334. The van der Waals surface area contributed by atoms with Crippen LogP contribution >= 0.6 is 15.9 Å². The van der Waals surface area contributed by atoms with Crippen LogP contribution in [-0.2, 0) is 7.05 Å². The molecule has 1 fully saturated rings. The molecule has 19 heavy (non-hydrogen) atoms. The second-order valence-electron chi connectivity index (χ2n) is 4.79. The van der Waals surface area contributed by atoms with Crippen molar-refractivity contribution in [3.8, 4) is 11.4 Å². The minimum absolute atomic E-state index is 0.0334. The lowest BCUT2D eigenvalue weighted by atomic mass is 10.3. The van der Waals surface area contributed by atoms with Crippen molar-refractivity contribution in [3.63, 3.8) is 0 Å². The summed E-state index contributed by atoms with van der Waals surface area (Å²) >= 11 is 3.44. The number of aromatic nitrogens is 2. The molecule has 100 valence electrons. The van der Waals surface area contributed by atoms with Crippen LogP contribution in [0.2, 0.25) is 0 Å². The molecule has 0 N–H and O–H groups in total. The molecule has 0 bridgehead atoms. The molecule has 2 aromatic rings. The van der Waals surface area contributed by atoms with Crippen molar-refractivity contribution in [2.24, 2.45) is 7.05 Å². The summed E-state index contributed by atoms with van der Waals surface area (Å²) in [6, 6.07) is 7.55. The Labute approximate surface area is 119 Å². The first-order valence-electron chi connectivity index (χ1n) is 6.26. The molecule has 0 saturated heterocycles. The Hall–Kier alpha value is -1.49. The van der Waals surface area contributed by atoms with Crippen molar-refractivity contribution in [2.75, 3.05) is 7.11 Å². The van der Waals surface area contributed by atoms with Crippen molar-refractivity contribution in [2.45, 2.75) is 18.8 Å². The number of rotatable bonds is 3. The van der Waals surface area contributed by atoms with Crippen LogP contribution in [0.5, 0.6) is 5.75 Å². The topological polar surface area (TPSA) is 36.2 Å². The summed E-state index contributed by atoms with van der Waals surface area (Å²) < 4.78 is 9.61. The number of hydrogen-bond donors (Lipinski definition) is 0. The molecule has 0 aliphatic heterocycles. The van der Waals surface area contributed by atoms with Crippen molar-refractivity contribution in [1.82, 2.24) is 9.36 Å². The van der Waals surface area contributed by atoms with E-state index in [-0.39, 0.29) is 5.56 Å². The molecule has 1 aliphatic rings. The monoisotopic (exact) mass is 322 g/mol. The summed E-state index contributed by atoms with van der Waals surface area (Å²) in [4.78, 5) is 12.5. The summed E-state index contributed by atoms with van der Waals surface area (Å²) in [5, 5.41) is 0. The highest BCUT2D eigenvalue weighted by Crippen LogP contribution is 2.42. The van der Waals surface area contributed by atoms with E-state index < -0.39 is 0 Å². The van der Waals surface area contributed by atoms with Gasteiger partial charge in [-0.3, -0.25) is 9.48 Å². The van der Waals surface area contributed by atoms with Crippen LogP contribution in [0.25, 0.3) is 5.69 Å². The molecule has 4 nitrogen and oxygen atoms in total. The predicted octanol–water partition coefficient (Wildman–Crippen LogP) is 2.82. The molecule has 0 spiro atoms. The van der Waals surface area contributed by atoms with Gasteiger partial charge in [0, 0.05) is 13.0 Å². The first kappa shape index (κ1) is 12.5. The minimum Gasteiger partial charge on any atom is -0.494 e. The lowest BCUT2D eigenvalue weighted by Gasteiger charge is -2.12. The maximum Gasteiger partial charge on any atom is 0.286 e. The van der Waals surface area contributed by atoms with Crippen LogP contribution in [0.15, 0.2) is 33.5 Å². The molecule has 0 unspecified atom stereocenters. The molecule has 0 amide bonds. The second kappa shape index (κ2) is 4.56. The Morgan fingerprint density at radius 3 is 2.63 bits per heavy atom. The maximum atomic E-state index is 12.5. The zero-order valence-electron chi connectivity index (χ0n) is 10.9. The Bertz CT molecular complexity index is 683. The molecule has 0 atom stereocenters. The normalized spacial score (nSPS) is 14.7. The molecule has 1 aromatic heterocycles. The van der Waals surface area contributed by atoms with Gasteiger partial charge >= 0.3 is 0 Å². The van der Waals surface area contributed by atoms with Crippen LogP contribution < -0.4 is 10.3 Å². The number of nitrogens with zero attached hydrogens (tertiary/aromatic N) is 2. The Morgan fingerprint density at radius 1 is 1.32 bits per heavy atom. The van der Waals surface area contributed by atoms with E-state index in [1.807, 2.05) is 36.0 Å². The van der Waals surface area contributed by atoms with Gasteiger partial charge in [0.05, 0.1) is 12.8 Å². The number of halogens is 1. The molecule has 1 saturated carbocycles. The van der Waals surface area contributed by atoms with Gasteiger partial charge in [-0.25, -0.2) is 4.68 Å². The summed E-state index contributed by atoms with van der Waals surface area (Å²) in [7, 11) is 3.54. The van der Waals surface area contributed by atoms with Gasteiger partial charge in [-0.2, -0.15) is 0 Å². The van der Waals surface area contributed by atoms with Crippen LogP contribution in [0, 0.1) is 0 Å². The molecule has 1 aliphatic carbocycles. The molecule has 3 rings (SSSR count). The lowest BCUT2D eigenvalue weighted by molar-refractivity contribution is 0.408. The zero-order valence-corrected chi connectivity index (χ0v) is 12.5. The summed E-state index contributed by atoms with van der Waals surface area (Å²) in [6.07, 6.45) is 2.31. The number of benzene rings is 1. The summed E-state index contributed by atoms with van der Waals surface area (Å²) in [5.41, 5.74) is 1.81. The predicted molar refractivity (Wildman–Crippen MR) is 77.2 cm³/mol. The standard InChI is InChI=1S/C14H15BrN2O2/c1-16-13(9-7-8-9)12(15)14(18)17(16)10-5-3-4-6-11(10)19-2/h3-6,9H,7-8H2,1-2H3. The highest BCUT2D eigenvalue weighted by molar-refractivity contribution is 9.10. The van der Waals surface area contributed by atoms with Crippen molar-refractivity contribution in [3.05, 3.63) is 44.8 Å². The molecule has 1 aromatic carbocycles.